The highest BCUT2D eigenvalue weighted by Gasteiger charge is 2.56. The summed E-state index contributed by atoms with van der Waals surface area (Å²) in [4.78, 5) is 11.1. The molecule has 0 aromatic rings. The minimum atomic E-state index is -0.601. The van der Waals surface area contributed by atoms with Crippen LogP contribution in [0.1, 0.15) is 26.2 Å². The normalized spacial score (nSPS) is 42.0. The Morgan fingerprint density at radius 3 is 2.40 bits per heavy atom. The minimum Gasteiger partial charge on any atom is -0.349 e. The smallest absolute Gasteiger partial charge is 0.240 e. The lowest BCUT2D eigenvalue weighted by Crippen LogP contribution is -2.43. The van der Waals surface area contributed by atoms with E-state index in [-0.39, 0.29) is 11.4 Å². The van der Waals surface area contributed by atoms with Crippen LogP contribution in [0.25, 0.3) is 0 Å². The SMILES string of the molecule is CC1(N)CC2(CC2)NC1=O. The van der Waals surface area contributed by atoms with Crippen LogP contribution in [0.4, 0.5) is 0 Å². The van der Waals surface area contributed by atoms with Crippen LogP contribution in [-0.2, 0) is 4.79 Å². The van der Waals surface area contributed by atoms with E-state index >= 15 is 0 Å². The molecule has 1 heterocycles. The molecule has 2 fully saturated rings. The average Bonchev–Trinajstić information content (AvgIpc) is 2.42. The van der Waals surface area contributed by atoms with Crippen molar-refractivity contribution in [1.29, 1.82) is 0 Å². The van der Waals surface area contributed by atoms with Gasteiger partial charge in [-0.2, -0.15) is 0 Å². The van der Waals surface area contributed by atoms with Gasteiger partial charge >= 0.3 is 0 Å². The second-order valence-electron chi connectivity index (χ2n) is 3.83. The number of carbonyl (C=O) groups is 1. The van der Waals surface area contributed by atoms with Gasteiger partial charge in [0.05, 0.1) is 5.54 Å². The molecule has 0 bridgehead atoms. The van der Waals surface area contributed by atoms with Gasteiger partial charge in [-0.1, -0.05) is 0 Å². The summed E-state index contributed by atoms with van der Waals surface area (Å²) in [6, 6.07) is 0. The maximum Gasteiger partial charge on any atom is 0.240 e. The zero-order valence-electron chi connectivity index (χ0n) is 6.11. The summed E-state index contributed by atoms with van der Waals surface area (Å²) in [6.45, 7) is 1.80. The van der Waals surface area contributed by atoms with Crippen molar-refractivity contribution in [2.45, 2.75) is 37.3 Å². The van der Waals surface area contributed by atoms with E-state index in [1.165, 1.54) is 0 Å². The van der Waals surface area contributed by atoms with Gasteiger partial charge in [0, 0.05) is 5.54 Å². The van der Waals surface area contributed by atoms with Crippen LogP contribution in [0.5, 0.6) is 0 Å². The third kappa shape index (κ3) is 0.669. The number of carbonyl (C=O) groups excluding carboxylic acids is 1. The largest absolute Gasteiger partial charge is 0.349 e. The monoisotopic (exact) mass is 140 g/mol. The van der Waals surface area contributed by atoms with Gasteiger partial charge < -0.3 is 11.1 Å². The van der Waals surface area contributed by atoms with Gasteiger partial charge in [-0.05, 0) is 26.2 Å². The number of hydrogen-bond acceptors (Lipinski definition) is 2. The molecule has 1 aliphatic heterocycles. The first-order chi connectivity index (χ1) is 4.54. The molecule has 0 aromatic carbocycles. The highest BCUT2D eigenvalue weighted by molar-refractivity contribution is 5.89. The van der Waals surface area contributed by atoms with E-state index in [9.17, 15) is 4.79 Å². The summed E-state index contributed by atoms with van der Waals surface area (Å²) in [5.41, 5.74) is 5.25. The van der Waals surface area contributed by atoms with Crippen molar-refractivity contribution in [2.24, 2.45) is 5.73 Å². The van der Waals surface area contributed by atoms with Crippen molar-refractivity contribution in [2.75, 3.05) is 0 Å². The lowest BCUT2D eigenvalue weighted by molar-refractivity contribution is -0.123. The molecule has 0 aromatic heterocycles. The molecule has 1 aliphatic carbocycles. The Morgan fingerprint density at radius 1 is 1.60 bits per heavy atom. The van der Waals surface area contributed by atoms with Crippen LogP contribution in [0, 0.1) is 0 Å². The highest BCUT2D eigenvalue weighted by Crippen LogP contribution is 2.45. The number of hydrogen-bond donors (Lipinski definition) is 2. The Morgan fingerprint density at radius 2 is 2.20 bits per heavy atom. The maximum absolute atomic E-state index is 11.1. The summed E-state index contributed by atoms with van der Waals surface area (Å²) in [6.07, 6.45) is 3.05. The van der Waals surface area contributed by atoms with Crippen LogP contribution < -0.4 is 11.1 Å². The fraction of sp³-hybridized carbons (Fsp3) is 0.857. The van der Waals surface area contributed by atoms with Gasteiger partial charge in [-0.3, -0.25) is 4.79 Å². The molecule has 1 amide bonds. The van der Waals surface area contributed by atoms with Gasteiger partial charge in [-0.15, -0.1) is 0 Å². The molecule has 3 nitrogen and oxygen atoms in total. The zero-order valence-corrected chi connectivity index (χ0v) is 6.11. The van der Waals surface area contributed by atoms with Crippen molar-refractivity contribution in [3.05, 3.63) is 0 Å². The van der Waals surface area contributed by atoms with Crippen molar-refractivity contribution < 1.29 is 4.79 Å². The fourth-order valence-corrected chi connectivity index (χ4v) is 1.66. The van der Waals surface area contributed by atoms with Crippen molar-refractivity contribution >= 4 is 5.91 Å². The molecule has 1 saturated carbocycles. The number of nitrogens with one attached hydrogen (secondary N) is 1. The highest BCUT2D eigenvalue weighted by atomic mass is 16.2. The van der Waals surface area contributed by atoms with Crippen molar-refractivity contribution in [3.63, 3.8) is 0 Å². The van der Waals surface area contributed by atoms with Gasteiger partial charge in [0.1, 0.15) is 0 Å². The van der Waals surface area contributed by atoms with E-state index in [0.29, 0.717) is 0 Å². The number of nitrogens with two attached hydrogens (primary N) is 1. The molecular weight excluding hydrogens is 128 g/mol. The first-order valence-corrected chi connectivity index (χ1v) is 3.66. The Labute approximate surface area is 60.0 Å². The first-order valence-electron chi connectivity index (χ1n) is 3.66. The third-order valence-corrected chi connectivity index (χ3v) is 2.46. The van der Waals surface area contributed by atoms with E-state index in [2.05, 4.69) is 5.32 Å². The fourth-order valence-electron chi connectivity index (χ4n) is 1.66. The summed E-state index contributed by atoms with van der Waals surface area (Å²) in [5.74, 6) is 0.0185. The van der Waals surface area contributed by atoms with Crippen LogP contribution in [-0.4, -0.2) is 17.0 Å². The maximum atomic E-state index is 11.1. The Hall–Kier alpha value is -0.570. The second-order valence-corrected chi connectivity index (χ2v) is 3.83. The Bertz CT molecular complexity index is 194. The van der Waals surface area contributed by atoms with Gasteiger partial charge in [-0.25, -0.2) is 0 Å². The first kappa shape index (κ1) is 6.16. The molecule has 3 N–H and O–H groups in total. The molecule has 56 valence electrons. The number of rotatable bonds is 0. The Kier molecular flexibility index (Phi) is 0.844. The molecule has 1 spiro atoms. The summed E-state index contributed by atoms with van der Waals surface area (Å²) in [5, 5.41) is 2.93. The van der Waals surface area contributed by atoms with Gasteiger partial charge in [0.15, 0.2) is 0 Å². The third-order valence-electron chi connectivity index (χ3n) is 2.46. The van der Waals surface area contributed by atoms with Crippen LogP contribution in [0.2, 0.25) is 0 Å². The van der Waals surface area contributed by atoms with Crippen molar-refractivity contribution in [3.8, 4) is 0 Å². The van der Waals surface area contributed by atoms with E-state index in [0.717, 1.165) is 19.3 Å². The summed E-state index contributed by atoms with van der Waals surface area (Å²) in [7, 11) is 0. The van der Waals surface area contributed by atoms with E-state index in [1.54, 1.807) is 6.92 Å². The Balaban J connectivity index is 2.22. The molecule has 2 aliphatic rings. The second kappa shape index (κ2) is 1.37. The molecule has 0 radical (unpaired) electrons. The molecule has 1 saturated heterocycles. The predicted molar refractivity (Wildman–Crippen MR) is 37.3 cm³/mol. The molecule has 2 rings (SSSR count). The minimum absolute atomic E-state index is 0.0185. The molecular formula is C7H12N2O. The van der Waals surface area contributed by atoms with Crippen LogP contribution in [0.15, 0.2) is 0 Å². The van der Waals surface area contributed by atoms with Gasteiger partial charge in [0.25, 0.3) is 0 Å². The standard InChI is InChI=1S/C7H12N2O/c1-6(8)4-7(2-3-7)9-5(6)10/h2-4,8H2,1H3,(H,9,10). The summed E-state index contributed by atoms with van der Waals surface area (Å²) >= 11 is 0. The zero-order chi connectivity index (χ0) is 7.41. The predicted octanol–water partition coefficient (Wildman–Crippen LogP) is -0.244. The summed E-state index contributed by atoms with van der Waals surface area (Å²) < 4.78 is 0. The molecule has 10 heavy (non-hydrogen) atoms. The van der Waals surface area contributed by atoms with Crippen LogP contribution in [0.3, 0.4) is 0 Å². The molecule has 1 atom stereocenters. The van der Waals surface area contributed by atoms with Crippen LogP contribution >= 0.6 is 0 Å². The van der Waals surface area contributed by atoms with E-state index in [1.807, 2.05) is 0 Å². The number of amides is 1. The van der Waals surface area contributed by atoms with Crippen molar-refractivity contribution in [1.82, 2.24) is 5.32 Å². The lowest BCUT2D eigenvalue weighted by Gasteiger charge is -2.11. The average molecular weight is 140 g/mol. The van der Waals surface area contributed by atoms with Gasteiger partial charge in [0.2, 0.25) is 5.91 Å². The van der Waals surface area contributed by atoms with E-state index < -0.39 is 5.54 Å². The topological polar surface area (TPSA) is 55.1 Å². The molecule has 1 unspecified atom stereocenters. The molecule has 3 heteroatoms. The quantitative estimate of drug-likeness (QED) is 0.487. The van der Waals surface area contributed by atoms with E-state index in [4.69, 9.17) is 5.73 Å². The lowest BCUT2D eigenvalue weighted by atomic mass is 9.98.